The Kier molecular flexibility index (Phi) is 6.46. The van der Waals surface area contributed by atoms with E-state index >= 15 is 0 Å². The van der Waals surface area contributed by atoms with Crippen LogP contribution in [0.4, 0.5) is 0 Å². The molecular weight excluding hydrogens is 468 g/mol. The fourth-order valence-corrected chi connectivity index (χ4v) is 7.54. The summed E-state index contributed by atoms with van der Waals surface area (Å²) in [6.07, 6.45) is 2.02. The van der Waals surface area contributed by atoms with Gasteiger partial charge in [-0.1, -0.05) is 136 Å². The molecule has 39 heavy (non-hydrogen) atoms. The second-order valence-electron chi connectivity index (χ2n) is 12.2. The molecule has 0 radical (unpaired) electrons. The van der Waals surface area contributed by atoms with E-state index < -0.39 is 5.41 Å². The summed E-state index contributed by atoms with van der Waals surface area (Å²) in [5, 5.41) is 0. The molecule has 0 atom stereocenters. The molecule has 0 saturated heterocycles. The molecule has 0 bridgehead atoms. The fraction of sp³-hybridized carbons (Fsp3) is 0.282. The van der Waals surface area contributed by atoms with Crippen molar-refractivity contribution in [3.63, 3.8) is 0 Å². The van der Waals surface area contributed by atoms with Crippen LogP contribution >= 0.6 is 0 Å². The van der Waals surface area contributed by atoms with Gasteiger partial charge in [-0.3, -0.25) is 0 Å². The standard InChI is InChI=1S/C39H40/c1-25(2)33-21-13-15-29-23-27(5)37(35(29)33)39(31-17-9-7-10-18-31,32-19-11-8-12-20-32)38-28(6)24-30-16-14-22-34(26(3)4)36(30)38/h7-22,25-26H,23-24H2,1-6H3. The lowest BCUT2D eigenvalue weighted by molar-refractivity contribution is 0.820. The van der Waals surface area contributed by atoms with Gasteiger partial charge in [0.15, 0.2) is 0 Å². The van der Waals surface area contributed by atoms with Gasteiger partial charge in [-0.05, 0) is 94.2 Å². The largest absolute Gasteiger partial charge is 0.0712 e. The van der Waals surface area contributed by atoms with Crippen LogP contribution in [0.1, 0.15) is 97.9 Å². The lowest BCUT2D eigenvalue weighted by Crippen LogP contribution is -2.32. The molecule has 196 valence electrons. The van der Waals surface area contributed by atoms with Crippen LogP contribution in [0.25, 0.3) is 11.1 Å². The first-order valence-electron chi connectivity index (χ1n) is 14.6. The maximum absolute atomic E-state index is 2.39. The van der Waals surface area contributed by atoms with Gasteiger partial charge in [-0.2, -0.15) is 0 Å². The predicted molar refractivity (Wildman–Crippen MR) is 167 cm³/mol. The molecule has 0 fully saturated rings. The van der Waals surface area contributed by atoms with Crippen LogP contribution in [-0.4, -0.2) is 0 Å². The van der Waals surface area contributed by atoms with Gasteiger partial charge < -0.3 is 0 Å². The molecule has 4 aromatic carbocycles. The molecule has 0 aliphatic heterocycles. The molecule has 0 heterocycles. The molecular formula is C39H40. The Morgan fingerprint density at radius 2 is 0.872 bits per heavy atom. The van der Waals surface area contributed by atoms with Crippen LogP contribution in [0.5, 0.6) is 0 Å². The third kappa shape index (κ3) is 3.88. The molecule has 0 unspecified atom stereocenters. The Balaban J connectivity index is 1.83. The Morgan fingerprint density at radius 1 is 0.487 bits per heavy atom. The summed E-state index contributed by atoms with van der Waals surface area (Å²) in [6, 6.07) is 36.7. The Labute approximate surface area is 235 Å². The zero-order valence-corrected chi connectivity index (χ0v) is 24.3. The molecule has 6 rings (SSSR count). The number of hydrogen-bond acceptors (Lipinski definition) is 0. The van der Waals surface area contributed by atoms with E-state index in [4.69, 9.17) is 0 Å². The molecule has 0 spiro atoms. The second-order valence-corrected chi connectivity index (χ2v) is 12.2. The molecule has 2 aliphatic rings. The molecule has 0 nitrogen and oxygen atoms in total. The summed E-state index contributed by atoms with van der Waals surface area (Å²) in [5.74, 6) is 0.893. The monoisotopic (exact) mass is 508 g/mol. The van der Waals surface area contributed by atoms with Crippen molar-refractivity contribution in [1.82, 2.24) is 0 Å². The summed E-state index contributed by atoms with van der Waals surface area (Å²) in [7, 11) is 0. The normalized spacial score (nSPS) is 15.0. The predicted octanol–water partition coefficient (Wildman–Crippen LogP) is 10.3. The summed E-state index contributed by atoms with van der Waals surface area (Å²) in [5.41, 5.74) is 17.1. The minimum absolute atomic E-state index is 0.414. The minimum atomic E-state index is -0.414. The third-order valence-corrected chi connectivity index (χ3v) is 9.04. The van der Waals surface area contributed by atoms with E-state index in [0.29, 0.717) is 11.8 Å². The first kappa shape index (κ1) is 25.6. The van der Waals surface area contributed by atoms with Crippen LogP contribution in [0.2, 0.25) is 0 Å². The maximum Gasteiger partial charge on any atom is 0.0712 e. The van der Waals surface area contributed by atoms with Gasteiger partial charge in [0.1, 0.15) is 0 Å². The molecule has 2 aliphatic carbocycles. The number of allylic oxidation sites excluding steroid dienone is 4. The zero-order valence-electron chi connectivity index (χ0n) is 24.3. The van der Waals surface area contributed by atoms with Crippen molar-refractivity contribution in [3.05, 3.63) is 153 Å². The number of fused-ring (bicyclic) bond motifs is 2. The zero-order chi connectivity index (χ0) is 27.3. The number of benzene rings is 4. The second kappa shape index (κ2) is 9.83. The molecule has 0 saturated carbocycles. The van der Waals surface area contributed by atoms with Crippen molar-refractivity contribution in [2.75, 3.05) is 0 Å². The van der Waals surface area contributed by atoms with Crippen molar-refractivity contribution >= 4 is 11.1 Å². The molecule has 0 N–H and O–H groups in total. The van der Waals surface area contributed by atoms with Gasteiger partial charge in [0, 0.05) is 0 Å². The van der Waals surface area contributed by atoms with Crippen LogP contribution in [-0.2, 0) is 18.3 Å². The SMILES string of the molecule is CC1=C(C(C2=C(C)Cc3cccc(C(C)C)c32)(c2ccccc2)c2ccccc2)c2c(cccc2C(C)C)C1. The summed E-state index contributed by atoms with van der Waals surface area (Å²) < 4.78 is 0. The summed E-state index contributed by atoms with van der Waals surface area (Å²) >= 11 is 0. The highest BCUT2D eigenvalue weighted by Crippen LogP contribution is 2.61. The summed E-state index contributed by atoms with van der Waals surface area (Å²) in [4.78, 5) is 0. The number of hydrogen-bond donors (Lipinski definition) is 0. The van der Waals surface area contributed by atoms with Crippen LogP contribution in [0.3, 0.4) is 0 Å². The molecule has 4 aromatic rings. The quantitative estimate of drug-likeness (QED) is 0.243. The van der Waals surface area contributed by atoms with Gasteiger partial charge in [0.05, 0.1) is 5.41 Å². The fourth-order valence-electron chi connectivity index (χ4n) is 7.54. The van der Waals surface area contributed by atoms with Crippen LogP contribution in [0, 0.1) is 0 Å². The van der Waals surface area contributed by atoms with Crippen LogP contribution < -0.4 is 0 Å². The molecule has 0 aromatic heterocycles. The van der Waals surface area contributed by atoms with Gasteiger partial charge in [-0.15, -0.1) is 0 Å². The average molecular weight is 509 g/mol. The maximum atomic E-state index is 2.39. The lowest BCUT2D eigenvalue weighted by Gasteiger charge is -2.42. The van der Waals surface area contributed by atoms with E-state index in [9.17, 15) is 0 Å². The van der Waals surface area contributed by atoms with E-state index in [2.05, 4.69) is 139 Å². The van der Waals surface area contributed by atoms with E-state index in [1.54, 1.807) is 0 Å². The lowest BCUT2D eigenvalue weighted by atomic mass is 9.59. The van der Waals surface area contributed by atoms with Gasteiger partial charge in [-0.25, -0.2) is 0 Å². The van der Waals surface area contributed by atoms with E-state index in [1.807, 2.05) is 0 Å². The Bertz CT molecular complexity index is 1470. The van der Waals surface area contributed by atoms with Crippen LogP contribution in [0.15, 0.2) is 108 Å². The van der Waals surface area contributed by atoms with E-state index in [-0.39, 0.29) is 0 Å². The third-order valence-electron chi connectivity index (χ3n) is 9.04. The smallest absolute Gasteiger partial charge is 0.0635 e. The number of rotatable bonds is 6. The van der Waals surface area contributed by atoms with Crippen molar-refractivity contribution < 1.29 is 0 Å². The topological polar surface area (TPSA) is 0 Å². The van der Waals surface area contributed by atoms with E-state index in [0.717, 1.165) is 12.8 Å². The van der Waals surface area contributed by atoms with E-state index in [1.165, 1.54) is 66.8 Å². The Morgan fingerprint density at radius 3 is 1.23 bits per heavy atom. The van der Waals surface area contributed by atoms with Crippen molar-refractivity contribution in [3.8, 4) is 0 Å². The molecule has 0 amide bonds. The van der Waals surface area contributed by atoms with Gasteiger partial charge >= 0.3 is 0 Å². The van der Waals surface area contributed by atoms with Crippen molar-refractivity contribution in [2.45, 2.75) is 71.6 Å². The summed E-state index contributed by atoms with van der Waals surface area (Å²) in [6.45, 7) is 14.2. The van der Waals surface area contributed by atoms with Crippen molar-refractivity contribution in [1.29, 1.82) is 0 Å². The highest BCUT2D eigenvalue weighted by atomic mass is 14.5. The Hall–Kier alpha value is -3.64. The van der Waals surface area contributed by atoms with Gasteiger partial charge in [0.2, 0.25) is 0 Å². The van der Waals surface area contributed by atoms with Crippen molar-refractivity contribution in [2.24, 2.45) is 0 Å². The average Bonchev–Trinajstić information content (AvgIpc) is 3.46. The highest BCUT2D eigenvalue weighted by molar-refractivity contribution is 6.03. The first-order valence-corrected chi connectivity index (χ1v) is 14.6. The minimum Gasteiger partial charge on any atom is -0.0635 e. The molecule has 0 heteroatoms. The highest BCUT2D eigenvalue weighted by Gasteiger charge is 2.49. The first-order chi connectivity index (χ1) is 18.9. The van der Waals surface area contributed by atoms with Gasteiger partial charge in [0.25, 0.3) is 0 Å².